The van der Waals surface area contributed by atoms with Crippen LogP contribution in [0.1, 0.15) is 91.9 Å². The highest BCUT2D eigenvalue weighted by molar-refractivity contribution is 5.15. The molecule has 4 saturated heterocycles. The van der Waals surface area contributed by atoms with E-state index < -0.39 is 118 Å². The van der Waals surface area contributed by atoms with Crippen LogP contribution in [0.3, 0.4) is 0 Å². The molecule has 0 bridgehead atoms. The molecule has 19 nitrogen and oxygen atoms in total. The molecular weight excluding hydrogens is 844 g/mol. The fraction of sp³-hybridized carbons (Fsp3) is 1.00. The Bertz CT molecular complexity index is 1560. The molecule has 0 aromatic rings. The van der Waals surface area contributed by atoms with E-state index in [2.05, 4.69) is 20.8 Å². The van der Waals surface area contributed by atoms with Gasteiger partial charge in [0.15, 0.2) is 24.7 Å². The van der Waals surface area contributed by atoms with Crippen molar-refractivity contribution in [1.82, 2.24) is 0 Å². The monoisotopic (exact) mass is 920 g/mol. The van der Waals surface area contributed by atoms with Gasteiger partial charge < -0.3 is 94.4 Å². The van der Waals surface area contributed by atoms with Gasteiger partial charge in [-0.3, -0.25) is 0 Å². The number of ether oxygens (including phenoxy) is 7. The van der Waals surface area contributed by atoms with Gasteiger partial charge in [0.05, 0.1) is 38.6 Å². The Morgan fingerprint density at radius 3 is 1.84 bits per heavy atom. The third kappa shape index (κ3) is 8.65. The summed E-state index contributed by atoms with van der Waals surface area (Å²) in [7, 11) is 0. The third-order valence-corrected chi connectivity index (χ3v) is 18.0. The molecule has 0 aromatic heterocycles. The number of hydrogen-bond donors (Lipinski definition) is 12. The van der Waals surface area contributed by atoms with E-state index >= 15 is 0 Å². The summed E-state index contributed by atoms with van der Waals surface area (Å²) in [5, 5.41) is 125. The summed E-state index contributed by atoms with van der Waals surface area (Å²) < 4.78 is 42.0. The second-order valence-corrected chi connectivity index (χ2v) is 21.5. The number of rotatable bonds is 13. The molecule has 4 heterocycles. The molecule has 4 saturated carbocycles. The van der Waals surface area contributed by atoms with E-state index in [4.69, 9.17) is 33.2 Å². The van der Waals surface area contributed by atoms with Crippen molar-refractivity contribution < 1.29 is 94.4 Å². The van der Waals surface area contributed by atoms with Crippen molar-refractivity contribution in [1.29, 1.82) is 0 Å². The van der Waals surface area contributed by atoms with Gasteiger partial charge >= 0.3 is 0 Å². The molecule has 8 fully saturated rings. The molecule has 5 unspecified atom stereocenters. The van der Waals surface area contributed by atoms with E-state index in [1.54, 1.807) is 0 Å². The van der Waals surface area contributed by atoms with Crippen LogP contribution < -0.4 is 0 Å². The molecule has 19 heteroatoms. The molecule has 0 radical (unpaired) electrons. The first-order valence-corrected chi connectivity index (χ1v) is 23.9. The Labute approximate surface area is 374 Å². The fourth-order valence-electron chi connectivity index (χ4n) is 14.2. The van der Waals surface area contributed by atoms with Crippen molar-refractivity contribution in [3.8, 4) is 0 Å². The minimum absolute atomic E-state index is 0.00000712. The quantitative estimate of drug-likeness (QED) is 0.0909. The first-order valence-electron chi connectivity index (χ1n) is 23.9. The average Bonchev–Trinajstić information content (AvgIpc) is 3.71. The zero-order valence-corrected chi connectivity index (χ0v) is 37.5. The van der Waals surface area contributed by atoms with E-state index in [1.165, 1.54) is 0 Å². The Balaban J connectivity index is 0.869. The molecule has 4 aliphatic carbocycles. The molecule has 4 aliphatic heterocycles. The SMILES string of the molecule is C[C@@H](CC[C@@]1(O)O[C@H]2CC3C4CCC5CC(O[C@@H]6O[C@H](CO)[C@H](O)[C@H](O)[C@H]6O[C@@H]6O[C@H](CO)[C@@H](O)[C@H](O)[C@H]6O)CC[C@]5(C)C4CC[C@]3(C)[C@H]2[C@@H]1C)CO[C@@H]1O[C@H](CO)[C@@H](O)[C@H](O)[C@H]1O. The first kappa shape index (κ1) is 49.7. The number of aliphatic hydroxyl groups excluding tert-OH is 11. The lowest BCUT2D eigenvalue weighted by Crippen LogP contribution is -2.65. The van der Waals surface area contributed by atoms with Gasteiger partial charge in [0.2, 0.25) is 0 Å². The predicted molar refractivity (Wildman–Crippen MR) is 219 cm³/mol. The van der Waals surface area contributed by atoms with Crippen molar-refractivity contribution >= 4 is 0 Å². The van der Waals surface area contributed by atoms with Gasteiger partial charge in [-0.2, -0.15) is 0 Å². The highest BCUT2D eigenvalue weighted by Gasteiger charge is 2.68. The summed E-state index contributed by atoms with van der Waals surface area (Å²) in [5.41, 5.74) is 0.0475. The minimum Gasteiger partial charge on any atom is -0.394 e. The average molecular weight is 921 g/mol. The van der Waals surface area contributed by atoms with Crippen molar-refractivity contribution in [2.75, 3.05) is 26.4 Å². The number of aliphatic hydroxyl groups is 12. The molecule has 64 heavy (non-hydrogen) atoms. The van der Waals surface area contributed by atoms with Gasteiger partial charge in [0, 0.05) is 12.3 Å². The summed E-state index contributed by atoms with van der Waals surface area (Å²) >= 11 is 0. The molecule has 27 atom stereocenters. The van der Waals surface area contributed by atoms with Gasteiger partial charge in [0.25, 0.3) is 0 Å². The zero-order valence-electron chi connectivity index (χ0n) is 37.5. The highest BCUT2D eigenvalue weighted by atomic mass is 16.8. The minimum atomic E-state index is -1.75. The maximum absolute atomic E-state index is 12.1. The highest BCUT2D eigenvalue weighted by Crippen LogP contribution is 2.71. The molecule has 370 valence electrons. The molecule has 0 spiro atoms. The van der Waals surface area contributed by atoms with Crippen LogP contribution in [0.15, 0.2) is 0 Å². The molecule has 12 N–H and O–H groups in total. The van der Waals surface area contributed by atoms with Gasteiger partial charge in [-0.15, -0.1) is 0 Å². The lowest BCUT2D eigenvalue weighted by Gasteiger charge is -2.61. The standard InChI is InChI=1S/C45H76O19/c1-19(18-58-40-37(55)34(52)31(49)27(15-46)60-40)7-12-45(57)20(2)30-26(64-45)14-25-23-6-5-21-13-22(8-10-43(21,3)24(23)9-11-44(25,30)4)59-42-39(36(54)33(51)29(17-48)62-42)63-41-38(56)35(53)32(50)28(16-47)61-41/h19-42,46-57H,5-18H2,1-4H3/t19-,20-,21?,22?,23?,24?,25?,26-,27+,28+,29+,30-,31+,32+,33-,34-,35-,36-,37+,38+,39+,40+,41-,42+,43-,44-,45+/m0/s1. The zero-order chi connectivity index (χ0) is 46.2. The summed E-state index contributed by atoms with van der Waals surface area (Å²) in [5.74, 6) is 0.532. The lowest BCUT2D eigenvalue weighted by atomic mass is 9.44. The third-order valence-electron chi connectivity index (χ3n) is 18.0. The largest absolute Gasteiger partial charge is 0.394 e. The summed E-state index contributed by atoms with van der Waals surface area (Å²) in [4.78, 5) is 0. The smallest absolute Gasteiger partial charge is 0.187 e. The Morgan fingerprint density at radius 1 is 0.625 bits per heavy atom. The first-order chi connectivity index (χ1) is 30.3. The fourth-order valence-corrected chi connectivity index (χ4v) is 14.2. The van der Waals surface area contributed by atoms with E-state index in [-0.39, 0.29) is 47.4 Å². The van der Waals surface area contributed by atoms with Crippen LogP contribution in [-0.2, 0) is 33.2 Å². The molecule has 8 aliphatic rings. The predicted octanol–water partition coefficient (Wildman–Crippen LogP) is -1.78. The van der Waals surface area contributed by atoms with Crippen LogP contribution in [0.4, 0.5) is 0 Å². The number of fused-ring (bicyclic) bond motifs is 7. The second-order valence-electron chi connectivity index (χ2n) is 21.5. The maximum Gasteiger partial charge on any atom is 0.187 e. The van der Waals surface area contributed by atoms with Crippen LogP contribution in [-0.4, -0.2) is 198 Å². The van der Waals surface area contributed by atoms with Crippen LogP contribution in [0.2, 0.25) is 0 Å². The van der Waals surface area contributed by atoms with Crippen molar-refractivity contribution in [3.63, 3.8) is 0 Å². The molecular formula is C45H76O19. The Hall–Kier alpha value is -0.760. The lowest BCUT2D eigenvalue weighted by molar-refractivity contribution is -0.373. The molecule has 0 amide bonds. The van der Waals surface area contributed by atoms with Gasteiger partial charge in [0.1, 0.15) is 73.2 Å². The molecule has 0 aromatic carbocycles. The van der Waals surface area contributed by atoms with Gasteiger partial charge in [-0.25, -0.2) is 0 Å². The summed E-state index contributed by atoms with van der Waals surface area (Å²) in [6.07, 6.45) is -13.7. The normalized spacial score (nSPS) is 55.6. The van der Waals surface area contributed by atoms with Crippen LogP contribution in [0, 0.1) is 52.3 Å². The maximum atomic E-state index is 12.1. The summed E-state index contributed by atoms with van der Waals surface area (Å²) in [6.45, 7) is 7.28. The van der Waals surface area contributed by atoms with Crippen LogP contribution >= 0.6 is 0 Å². The van der Waals surface area contributed by atoms with E-state index in [9.17, 15) is 61.3 Å². The van der Waals surface area contributed by atoms with Crippen molar-refractivity contribution in [2.45, 2.75) is 202 Å². The van der Waals surface area contributed by atoms with Crippen LogP contribution in [0.5, 0.6) is 0 Å². The van der Waals surface area contributed by atoms with Crippen molar-refractivity contribution in [2.24, 2.45) is 52.3 Å². The van der Waals surface area contributed by atoms with E-state index in [1.807, 2.05) is 6.92 Å². The van der Waals surface area contributed by atoms with E-state index in [0.29, 0.717) is 42.9 Å². The number of hydrogen-bond acceptors (Lipinski definition) is 19. The topological polar surface area (TPSA) is 307 Å². The van der Waals surface area contributed by atoms with Crippen molar-refractivity contribution in [3.05, 3.63) is 0 Å². The van der Waals surface area contributed by atoms with Crippen LogP contribution in [0.25, 0.3) is 0 Å². The Kier molecular flexibility index (Phi) is 14.9. The molecule has 8 rings (SSSR count). The second kappa shape index (κ2) is 19.2. The van der Waals surface area contributed by atoms with Gasteiger partial charge in [-0.1, -0.05) is 27.7 Å². The van der Waals surface area contributed by atoms with Gasteiger partial charge in [-0.05, 0) is 104 Å². The summed E-state index contributed by atoms with van der Waals surface area (Å²) in [6, 6.07) is 0. The Morgan fingerprint density at radius 2 is 1.20 bits per heavy atom. The van der Waals surface area contributed by atoms with E-state index in [0.717, 1.165) is 44.9 Å².